The van der Waals surface area contributed by atoms with Crippen LogP contribution in [0.3, 0.4) is 0 Å². The summed E-state index contributed by atoms with van der Waals surface area (Å²) >= 11 is 1.42. The van der Waals surface area contributed by atoms with Crippen LogP contribution in [0.5, 0.6) is 0 Å². The Morgan fingerprint density at radius 1 is 1.38 bits per heavy atom. The van der Waals surface area contributed by atoms with Crippen molar-refractivity contribution in [1.82, 2.24) is 14.9 Å². The van der Waals surface area contributed by atoms with E-state index in [0.29, 0.717) is 30.3 Å². The van der Waals surface area contributed by atoms with E-state index >= 15 is 0 Å². The Morgan fingerprint density at radius 3 is 2.84 bits per heavy atom. The summed E-state index contributed by atoms with van der Waals surface area (Å²) in [5.41, 5.74) is 0.0234. The number of aliphatic hydroxyl groups is 2. The van der Waals surface area contributed by atoms with E-state index in [1.165, 1.54) is 30.5 Å². The summed E-state index contributed by atoms with van der Waals surface area (Å²) < 4.78 is 15.7. The number of nitrogens with one attached hydrogen (secondary N) is 1. The van der Waals surface area contributed by atoms with Gasteiger partial charge in [0.15, 0.2) is 16.8 Å². The van der Waals surface area contributed by atoms with Crippen molar-refractivity contribution in [2.75, 3.05) is 36.5 Å². The highest BCUT2D eigenvalue weighted by Crippen LogP contribution is 2.27. The molecule has 3 heterocycles. The molecular formula is C22H26FN5O3S. The minimum atomic E-state index is -1.33. The van der Waals surface area contributed by atoms with Crippen LogP contribution in [-0.2, 0) is 6.42 Å². The maximum absolute atomic E-state index is 14.7. The summed E-state index contributed by atoms with van der Waals surface area (Å²) in [6.07, 6.45) is 1.61. The molecule has 170 valence electrons. The average Bonchev–Trinajstić information content (AvgIpc) is 3.15. The Bertz CT molecular complexity index is 1090. The molecule has 1 aliphatic heterocycles. The zero-order chi connectivity index (χ0) is 22.9. The number of rotatable bonds is 5. The first-order chi connectivity index (χ1) is 15.3. The third kappa shape index (κ3) is 4.82. The number of hydrogen-bond acceptors (Lipinski definition) is 7. The van der Waals surface area contributed by atoms with E-state index in [0.717, 1.165) is 10.2 Å². The number of aliphatic hydroxyl groups excluding tert-OH is 1. The molecule has 1 aromatic carbocycles. The molecule has 4 rings (SSSR count). The van der Waals surface area contributed by atoms with Crippen molar-refractivity contribution in [3.05, 3.63) is 47.9 Å². The molecule has 8 nitrogen and oxygen atoms in total. The fourth-order valence-electron chi connectivity index (χ4n) is 3.84. The molecule has 2 unspecified atom stereocenters. The molecule has 2 atom stereocenters. The minimum absolute atomic E-state index is 0.101. The number of urea groups is 1. The van der Waals surface area contributed by atoms with E-state index in [1.807, 2.05) is 36.1 Å². The van der Waals surface area contributed by atoms with Gasteiger partial charge >= 0.3 is 6.03 Å². The highest BCUT2D eigenvalue weighted by atomic mass is 32.1. The van der Waals surface area contributed by atoms with Gasteiger partial charge in [-0.2, -0.15) is 0 Å². The van der Waals surface area contributed by atoms with E-state index in [-0.39, 0.29) is 24.3 Å². The Hall–Kier alpha value is -2.82. The van der Waals surface area contributed by atoms with Crippen molar-refractivity contribution in [2.45, 2.75) is 31.9 Å². The van der Waals surface area contributed by atoms with Gasteiger partial charge in [0.05, 0.1) is 22.4 Å². The van der Waals surface area contributed by atoms with E-state index in [1.54, 1.807) is 4.90 Å². The van der Waals surface area contributed by atoms with Gasteiger partial charge in [-0.3, -0.25) is 5.32 Å². The van der Waals surface area contributed by atoms with Gasteiger partial charge in [0.25, 0.3) is 0 Å². The number of carbonyl (C=O) groups is 1. The number of piperazine rings is 1. The highest BCUT2D eigenvalue weighted by molar-refractivity contribution is 7.22. The molecule has 32 heavy (non-hydrogen) atoms. The quantitative estimate of drug-likeness (QED) is 0.542. The summed E-state index contributed by atoms with van der Waals surface area (Å²) in [4.78, 5) is 25.0. The Balaban J connectivity index is 1.40. The van der Waals surface area contributed by atoms with Crippen molar-refractivity contribution in [3.63, 3.8) is 0 Å². The molecule has 3 N–H and O–H groups in total. The van der Waals surface area contributed by atoms with Crippen molar-refractivity contribution < 1.29 is 19.4 Å². The molecule has 0 aliphatic carbocycles. The maximum Gasteiger partial charge on any atom is 0.324 e. The first kappa shape index (κ1) is 22.4. The third-order valence-electron chi connectivity index (χ3n) is 5.50. The number of aromatic nitrogens is 2. The van der Waals surface area contributed by atoms with Crippen LogP contribution in [0.15, 0.2) is 36.5 Å². The van der Waals surface area contributed by atoms with Crippen molar-refractivity contribution in [2.24, 2.45) is 0 Å². The minimum Gasteiger partial charge on any atom is -0.393 e. The lowest BCUT2D eigenvalue weighted by atomic mass is 9.98. The Labute approximate surface area is 189 Å². The van der Waals surface area contributed by atoms with Crippen LogP contribution in [0.4, 0.5) is 20.1 Å². The summed E-state index contributed by atoms with van der Waals surface area (Å²) in [7, 11) is 0. The van der Waals surface area contributed by atoms with Crippen molar-refractivity contribution in [1.29, 1.82) is 0 Å². The number of hydrogen-bond donors (Lipinski definition) is 3. The van der Waals surface area contributed by atoms with Gasteiger partial charge in [-0.05, 0) is 37.6 Å². The second kappa shape index (κ2) is 8.97. The molecule has 10 heteroatoms. The number of pyridine rings is 1. The van der Waals surface area contributed by atoms with Crippen LogP contribution in [-0.4, -0.2) is 69.0 Å². The zero-order valence-corrected chi connectivity index (χ0v) is 18.8. The van der Waals surface area contributed by atoms with Crippen LogP contribution in [0.2, 0.25) is 0 Å². The van der Waals surface area contributed by atoms with Crippen molar-refractivity contribution in [3.8, 4) is 0 Å². The lowest BCUT2D eigenvalue weighted by Gasteiger charge is -2.40. The predicted octanol–water partition coefficient (Wildman–Crippen LogP) is 2.86. The number of anilines is 2. The standard InChI is InChI=1S/C22H26FN5O3S/c1-14-12-27(19-16(23)9-15(11-24-19)10-22(2,31)13-29)7-8-28(14)21(30)26-20-25-17-5-3-4-6-18(17)32-20/h3-6,9,11,14,29,31H,7-8,10,12-13H2,1-2H3,(H,25,26,30). The molecule has 0 spiro atoms. The molecule has 2 aromatic heterocycles. The van der Waals surface area contributed by atoms with Gasteiger partial charge in [-0.15, -0.1) is 0 Å². The van der Waals surface area contributed by atoms with E-state index < -0.39 is 18.0 Å². The number of benzene rings is 1. The largest absolute Gasteiger partial charge is 0.393 e. The topological polar surface area (TPSA) is 102 Å². The van der Waals surface area contributed by atoms with Crippen LogP contribution < -0.4 is 10.2 Å². The molecule has 2 amide bonds. The fourth-order valence-corrected chi connectivity index (χ4v) is 4.69. The van der Waals surface area contributed by atoms with Gasteiger partial charge in [-0.1, -0.05) is 23.5 Å². The molecule has 1 aliphatic rings. The van der Waals surface area contributed by atoms with Gasteiger partial charge in [0.2, 0.25) is 0 Å². The molecule has 1 saturated heterocycles. The lowest BCUT2D eigenvalue weighted by molar-refractivity contribution is 0.00222. The predicted molar refractivity (Wildman–Crippen MR) is 123 cm³/mol. The smallest absolute Gasteiger partial charge is 0.324 e. The van der Waals surface area contributed by atoms with Gasteiger partial charge in [-0.25, -0.2) is 19.2 Å². The van der Waals surface area contributed by atoms with E-state index in [9.17, 15) is 19.4 Å². The summed E-state index contributed by atoms with van der Waals surface area (Å²) in [6.45, 7) is 4.27. The number of thiazole rings is 1. The molecule has 0 saturated carbocycles. The second-order valence-corrected chi connectivity index (χ2v) is 9.42. The number of nitrogens with zero attached hydrogens (tertiary/aromatic N) is 4. The van der Waals surface area contributed by atoms with Crippen LogP contribution >= 0.6 is 11.3 Å². The zero-order valence-electron chi connectivity index (χ0n) is 18.0. The molecule has 0 radical (unpaired) electrons. The Morgan fingerprint density at radius 2 is 2.16 bits per heavy atom. The van der Waals surface area contributed by atoms with Gasteiger partial charge in [0.1, 0.15) is 0 Å². The monoisotopic (exact) mass is 459 g/mol. The molecular weight excluding hydrogens is 433 g/mol. The number of para-hydroxylation sites is 1. The highest BCUT2D eigenvalue weighted by Gasteiger charge is 2.30. The van der Waals surface area contributed by atoms with Gasteiger partial charge in [0, 0.05) is 38.3 Å². The normalized spacial score (nSPS) is 18.6. The number of carbonyl (C=O) groups excluding carboxylic acids is 1. The first-order valence-corrected chi connectivity index (χ1v) is 11.2. The van der Waals surface area contributed by atoms with E-state index in [2.05, 4.69) is 15.3 Å². The Kier molecular flexibility index (Phi) is 6.27. The summed E-state index contributed by atoms with van der Waals surface area (Å²) in [5.74, 6) is -0.272. The summed E-state index contributed by atoms with van der Waals surface area (Å²) in [6, 6.07) is 8.65. The lowest BCUT2D eigenvalue weighted by Crippen LogP contribution is -2.55. The number of fused-ring (bicyclic) bond motifs is 1. The third-order valence-corrected chi connectivity index (χ3v) is 6.45. The second-order valence-electron chi connectivity index (χ2n) is 8.39. The number of halogens is 1. The SMILES string of the molecule is CC1CN(c2ncc(CC(C)(O)CO)cc2F)CCN1C(=O)Nc1nc2ccccc2s1. The summed E-state index contributed by atoms with van der Waals surface area (Å²) in [5, 5.41) is 22.6. The first-order valence-electron chi connectivity index (χ1n) is 10.4. The van der Waals surface area contributed by atoms with Crippen LogP contribution in [0, 0.1) is 5.82 Å². The molecule has 3 aromatic rings. The van der Waals surface area contributed by atoms with E-state index in [4.69, 9.17) is 0 Å². The van der Waals surface area contributed by atoms with Crippen LogP contribution in [0.1, 0.15) is 19.4 Å². The average molecular weight is 460 g/mol. The molecule has 1 fully saturated rings. The van der Waals surface area contributed by atoms with Crippen molar-refractivity contribution >= 4 is 38.5 Å². The fraction of sp³-hybridized carbons (Fsp3) is 0.409. The van der Waals surface area contributed by atoms with Gasteiger partial charge < -0.3 is 20.0 Å². The van der Waals surface area contributed by atoms with Crippen LogP contribution in [0.25, 0.3) is 10.2 Å². The molecule has 0 bridgehead atoms. The maximum atomic E-state index is 14.7. The number of amides is 2.